The number of aryl methyl sites for hydroxylation is 1. The first kappa shape index (κ1) is 14.3. The van der Waals surface area contributed by atoms with Crippen LogP contribution in [-0.2, 0) is 13.1 Å². The number of nitro groups is 1. The zero-order valence-corrected chi connectivity index (χ0v) is 11.8. The molecule has 7 heteroatoms. The fourth-order valence-corrected chi connectivity index (χ4v) is 2.07. The van der Waals surface area contributed by atoms with Crippen LogP contribution in [0.3, 0.4) is 0 Å². The normalized spacial score (nSPS) is 10.5. The molecule has 2 aromatic rings. The van der Waals surface area contributed by atoms with E-state index in [1.807, 2.05) is 4.57 Å². The number of nitro benzene ring substituents is 1. The number of imidazole rings is 1. The van der Waals surface area contributed by atoms with Crippen LogP contribution >= 0.6 is 11.6 Å². The van der Waals surface area contributed by atoms with Gasteiger partial charge < -0.3 is 9.88 Å². The average Bonchev–Trinajstić information content (AvgIpc) is 2.85. The second-order valence-corrected chi connectivity index (χ2v) is 4.76. The van der Waals surface area contributed by atoms with E-state index in [2.05, 4.69) is 17.2 Å². The number of nitrogens with zero attached hydrogens (tertiary/aromatic N) is 3. The van der Waals surface area contributed by atoms with Crippen LogP contribution in [0.25, 0.3) is 0 Å². The molecule has 0 aliphatic rings. The first-order valence-electron chi connectivity index (χ1n) is 6.28. The first-order valence-corrected chi connectivity index (χ1v) is 6.66. The molecular weight excluding hydrogens is 280 g/mol. The van der Waals surface area contributed by atoms with E-state index in [0.717, 1.165) is 18.7 Å². The fourth-order valence-electron chi connectivity index (χ4n) is 1.89. The third-order valence-electron chi connectivity index (χ3n) is 2.88. The maximum absolute atomic E-state index is 10.8. The summed E-state index contributed by atoms with van der Waals surface area (Å²) < 4.78 is 2.04. The molecule has 0 amide bonds. The molecule has 1 heterocycles. The number of nitrogens with one attached hydrogen (secondary N) is 1. The van der Waals surface area contributed by atoms with Crippen molar-refractivity contribution in [1.82, 2.24) is 9.55 Å². The molecular formula is C13H15ClN4O2. The van der Waals surface area contributed by atoms with Gasteiger partial charge in [0.2, 0.25) is 0 Å². The van der Waals surface area contributed by atoms with Gasteiger partial charge in [0.1, 0.15) is 0 Å². The van der Waals surface area contributed by atoms with Gasteiger partial charge in [0.05, 0.1) is 34.2 Å². The molecule has 20 heavy (non-hydrogen) atoms. The minimum atomic E-state index is -0.442. The molecule has 1 aromatic heterocycles. The number of hydrogen-bond acceptors (Lipinski definition) is 4. The van der Waals surface area contributed by atoms with Gasteiger partial charge in [-0.1, -0.05) is 18.5 Å². The predicted octanol–water partition coefficient (Wildman–Crippen LogP) is 3.47. The SMILES string of the molecule is CCCn1cncc1CNc1cc([N+](=O)[O-])ccc1Cl. The average molecular weight is 295 g/mol. The Morgan fingerprint density at radius 3 is 3.00 bits per heavy atom. The molecule has 0 spiro atoms. The van der Waals surface area contributed by atoms with Crippen LogP contribution in [-0.4, -0.2) is 14.5 Å². The van der Waals surface area contributed by atoms with Gasteiger partial charge in [-0.2, -0.15) is 0 Å². The number of aromatic nitrogens is 2. The first-order chi connectivity index (χ1) is 9.61. The van der Waals surface area contributed by atoms with Gasteiger partial charge in [0.25, 0.3) is 5.69 Å². The summed E-state index contributed by atoms with van der Waals surface area (Å²) in [6, 6.07) is 4.34. The third kappa shape index (κ3) is 3.27. The fraction of sp³-hybridized carbons (Fsp3) is 0.308. The van der Waals surface area contributed by atoms with Gasteiger partial charge in [-0.25, -0.2) is 4.98 Å². The lowest BCUT2D eigenvalue weighted by Crippen LogP contribution is -2.07. The highest BCUT2D eigenvalue weighted by atomic mass is 35.5. The van der Waals surface area contributed by atoms with Gasteiger partial charge in [-0.05, 0) is 12.5 Å². The summed E-state index contributed by atoms with van der Waals surface area (Å²) in [6.45, 7) is 3.50. The third-order valence-corrected chi connectivity index (χ3v) is 3.21. The minimum Gasteiger partial charge on any atom is -0.378 e. The predicted molar refractivity (Wildman–Crippen MR) is 78.0 cm³/mol. The molecule has 0 saturated heterocycles. The van der Waals surface area contributed by atoms with Crippen LogP contribution in [0.2, 0.25) is 5.02 Å². The minimum absolute atomic E-state index is 0.0129. The molecule has 1 aromatic carbocycles. The highest BCUT2D eigenvalue weighted by molar-refractivity contribution is 6.33. The van der Waals surface area contributed by atoms with Crippen molar-refractivity contribution in [3.8, 4) is 0 Å². The van der Waals surface area contributed by atoms with Gasteiger partial charge in [0.15, 0.2) is 0 Å². The maximum atomic E-state index is 10.8. The van der Waals surface area contributed by atoms with E-state index >= 15 is 0 Å². The molecule has 0 fully saturated rings. The van der Waals surface area contributed by atoms with E-state index in [9.17, 15) is 10.1 Å². The Labute approximate surface area is 121 Å². The van der Waals surface area contributed by atoms with Crippen molar-refractivity contribution >= 4 is 23.0 Å². The molecule has 1 N–H and O–H groups in total. The number of non-ortho nitro benzene ring substituents is 1. The van der Waals surface area contributed by atoms with Crippen molar-refractivity contribution in [1.29, 1.82) is 0 Å². The van der Waals surface area contributed by atoms with Crippen molar-refractivity contribution < 1.29 is 4.92 Å². The van der Waals surface area contributed by atoms with Crippen molar-refractivity contribution in [2.75, 3.05) is 5.32 Å². The number of rotatable bonds is 6. The molecule has 0 atom stereocenters. The summed E-state index contributed by atoms with van der Waals surface area (Å²) in [5.74, 6) is 0. The largest absolute Gasteiger partial charge is 0.378 e. The number of hydrogen-bond donors (Lipinski definition) is 1. The lowest BCUT2D eigenvalue weighted by atomic mass is 10.2. The Morgan fingerprint density at radius 1 is 1.50 bits per heavy atom. The maximum Gasteiger partial charge on any atom is 0.271 e. The summed E-state index contributed by atoms with van der Waals surface area (Å²) in [7, 11) is 0. The summed E-state index contributed by atoms with van der Waals surface area (Å²) in [4.78, 5) is 14.4. The standard InChI is InChI=1S/C13H15ClN4O2/c1-2-5-17-9-15-7-11(17)8-16-13-6-10(18(19)20)3-4-12(13)14/h3-4,6-7,9,16H,2,5,8H2,1H3. The summed E-state index contributed by atoms with van der Waals surface area (Å²) >= 11 is 6.03. The van der Waals surface area contributed by atoms with Gasteiger partial charge >= 0.3 is 0 Å². The summed E-state index contributed by atoms with van der Waals surface area (Å²) in [6.07, 6.45) is 4.56. The molecule has 0 bridgehead atoms. The molecule has 6 nitrogen and oxygen atoms in total. The Hall–Kier alpha value is -2.08. The summed E-state index contributed by atoms with van der Waals surface area (Å²) in [5, 5.41) is 14.3. The zero-order valence-electron chi connectivity index (χ0n) is 11.0. The van der Waals surface area contributed by atoms with Crippen molar-refractivity contribution in [2.24, 2.45) is 0 Å². The van der Waals surface area contributed by atoms with E-state index in [-0.39, 0.29) is 5.69 Å². The van der Waals surface area contributed by atoms with Crippen LogP contribution < -0.4 is 5.32 Å². The highest BCUT2D eigenvalue weighted by Gasteiger charge is 2.10. The van der Waals surface area contributed by atoms with E-state index in [4.69, 9.17) is 11.6 Å². The van der Waals surface area contributed by atoms with Crippen LogP contribution in [0.15, 0.2) is 30.7 Å². The molecule has 106 valence electrons. The van der Waals surface area contributed by atoms with Crippen LogP contribution in [0, 0.1) is 10.1 Å². The quantitative estimate of drug-likeness (QED) is 0.654. The lowest BCUT2D eigenvalue weighted by molar-refractivity contribution is -0.384. The van der Waals surface area contributed by atoms with Crippen LogP contribution in [0.4, 0.5) is 11.4 Å². The second kappa shape index (κ2) is 6.38. The Bertz CT molecular complexity index is 612. The monoisotopic (exact) mass is 294 g/mol. The van der Waals surface area contributed by atoms with Crippen LogP contribution in [0.1, 0.15) is 19.0 Å². The van der Waals surface area contributed by atoms with E-state index < -0.39 is 4.92 Å². The molecule has 0 radical (unpaired) electrons. The van der Waals surface area contributed by atoms with Gasteiger partial charge in [0, 0.05) is 24.9 Å². The molecule has 0 aliphatic heterocycles. The second-order valence-electron chi connectivity index (χ2n) is 4.35. The molecule has 0 saturated carbocycles. The van der Waals surface area contributed by atoms with Gasteiger partial charge in [-0.3, -0.25) is 10.1 Å². The van der Waals surface area contributed by atoms with Crippen molar-refractivity contribution in [2.45, 2.75) is 26.4 Å². The van der Waals surface area contributed by atoms with Gasteiger partial charge in [-0.15, -0.1) is 0 Å². The summed E-state index contributed by atoms with van der Waals surface area (Å²) in [5.41, 5.74) is 1.57. The van der Waals surface area contributed by atoms with E-state index in [1.54, 1.807) is 12.5 Å². The van der Waals surface area contributed by atoms with E-state index in [1.165, 1.54) is 18.2 Å². The zero-order chi connectivity index (χ0) is 14.5. The molecule has 2 rings (SSSR count). The smallest absolute Gasteiger partial charge is 0.271 e. The van der Waals surface area contributed by atoms with Crippen LogP contribution in [0.5, 0.6) is 0 Å². The topological polar surface area (TPSA) is 73.0 Å². The Kier molecular flexibility index (Phi) is 4.57. The molecule has 0 unspecified atom stereocenters. The molecule has 0 aliphatic carbocycles. The van der Waals surface area contributed by atoms with Crippen molar-refractivity contribution in [3.63, 3.8) is 0 Å². The van der Waals surface area contributed by atoms with Crippen molar-refractivity contribution in [3.05, 3.63) is 51.6 Å². The lowest BCUT2D eigenvalue weighted by Gasteiger charge is -2.10. The number of anilines is 1. The number of benzene rings is 1. The Balaban J connectivity index is 2.12. The number of halogens is 1. The highest BCUT2D eigenvalue weighted by Crippen LogP contribution is 2.27. The van der Waals surface area contributed by atoms with E-state index in [0.29, 0.717) is 17.3 Å². The Morgan fingerprint density at radius 2 is 2.30 bits per heavy atom.